The normalized spacial score (nSPS) is 10.2. The van der Waals surface area contributed by atoms with E-state index in [0.717, 1.165) is 10.9 Å². The highest BCUT2D eigenvalue weighted by molar-refractivity contribution is 5.87. The predicted molar refractivity (Wildman–Crippen MR) is 47.5 cm³/mol. The molecular weight excluding hydrogens is 168 g/mol. The van der Waals surface area contributed by atoms with Gasteiger partial charge in [0.1, 0.15) is 0 Å². The Morgan fingerprint density at radius 3 is 3.00 bits per heavy atom. The van der Waals surface area contributed by atoms with Gasteiger partial charge in [0.2, 0.25) is 0 Å². The van der Waals surface area contributed by atoms with E-state index in [-0.39, 0.29) is 0 Å². The average Bonchev–Trinajstić information content (AvgIpc) is 2.60. The molecule has 0 unspecified atom stereocenters. The van der Waals surface area contributed by atoms with Crippen LogP contribution in [0.4, 0.5) is 4.79 Å². The van der Waals surface area contributed by atoms with Crippen LogP contribution in [0, 0.1) is 0 Å². The van der Waals surface area contributed by atoms with E-state index in [2.05, 4.69) is 9.84 Å². The zero-order chi connectivity index (χ0) is 9.26. The van der Waals surface area contributed by atoms with Crippen molar-refractivity contribution in [2.75, 3.05) is 7.11 Å². The maximum Gasteiger partial charge on any atom is 0.434 e. The smallest absolute Gasteiger partial charge is 0.434 e. The van der Waals surface area contributed by atoms with Gasteiger partial charge >= 0.3 is 6.09 Å². The maximum atomic E-state index is 11.2. The van der Waals surface area contributed by atoms with Gasteiger partial charge in [-0.25, -0.2) is 4.79 Å². The van der Waals surface area contributed by atoms with Crippen molar-refractivity contribution in [2.24, 2.45) is 0 Å². The molecule has 0 fully saturated rings. The minimum Gasteiger partial charge on any atom is -0.451 e. The van der Waals surface area contributed by atoms with Gasteiger partial charge in [-0.3, -0.25) is 0 Å². The van der Waals surface area contributed by atoms with Crippen LogP contribution in [0.3, 0.4) is 0 Å². The van der Waals surface area contributed by atoms with Gasteiger partial charge in [-0.2, -0.15) is 9.78 Å². The molecule has 0 amide bonds. The number of para-hydroxylation sites is 1. The topological polar surface area (TPSA) is 44.1 Å². The monoisotopic (exact) mass is 176 g/mol. The minimum absolute atomic E-state index is 0.471. The lowest BCUT2D eigenvalue weighted by molar-refractivity contribution is 0.170. The molecule has 0 aliphatic carbocycles. The summed E-state index contributed by atoms with van der Waals surface area (Å²) in [5.74, 6) is 0. The molecule has 2 aromatic rings. The first kappa shape index (κ1) is 7.79. The third kappa shape index (κ3) is 1.16. The second-order valence-electron chi connectivity index (χ2n) is 2.59. The molecular formula is C9H8N2O2. The molecule has 0 bridgehead atoms. The van der Waals surface area contributed by atoms with Gasteiger partial charge in [0, 0.05) is 5.39 Å². The summed E-state index contributed by atoms with van der Waals surface area (Å²) in [5.41, 5.74) is 0.759. The van der Waals surface area contributed by atoms with E-state index in [4.69, 9.17) is 0 Å². The highest BCUT2D eigenvalue weighted by atomic mass is 16.5. The molecule has 0 saturated heterocycles. The van der Waals surface area contributed by atoms with Crippen molar-refractivity contribution in [3.63, 3.8) is 0 Å². The number of rotatable bonds is 0. The second kappa shape index (κ2) is 2.90. The molecule has 0 N–H and O–H groups in total. The molecule has 13 heavy (non-hydrogen) atoms. The van der Waals surface area contributed by atoms with Crippen LogP contribution in [-0.2, 0) is 4.74 Å². The van der Waals surface area contributed by atoms with Gasteiger partial charge < -0.3 is 4.74 Å². The van der Waals surface area contributed by atoms with E-state index < -0.39 is 6.09 Å². The highest BCUT2D eigenvalue weighted by Gasteiger charge is 2.08. The number of aromatic nitrogens is 2. The highest BCUT2D eigenvalue weighted by Crippen LogP contribution is 2.12. The SMILES string of the molecule is COC(=O)n1ncc2ccccc21. The van der Waals surface area contributed by atoms with Gasteiger partial charge in [0.25, 0.3) is 0 Å². The van der Waals surface area contributed by atoms with Crippen LogP contribution in [0.5, 0.6) is 0 Å². The van der Waals surface area contributed by atoms with E-state index in [1.54, 1.807) is 6.20 Å². The molecule has 1 aromatic heterocycles. The van der Waals surface area contributed by atoms with Crippen molar-refractivity contribution in [3.8, 4) is 0 Å². The Balaban J connectivity index is 2.64. The van der Waals surface area contributed by atoms with Crippen LogP contribution in [-0.4, -0.2) is 23.0 Å². The Morgan fingerprint density at radius 1 is 1.46 bits per heavy atom. The third-order valence-corrected chi connectivity index (χ3v) is 1.82. The van der Waals surface area contributed by atoms with Crippen LogP contribution < -0.4 is 0 Å². The lowest BCUT2D eigenvalue weighted by atomic mass is 10.3. The first-order chi connectivity index (χ1) is 6.33. The summed E-state index contributed by atoms with van der Waals surface area (Å²) in [7, 11) is 1.33. The molecule has 66 valence electrons. The molecule has 1 heterocycles. The van der Waals surface area contributed by atoms with Crippen LogP contribution in [0.15, 0.2) is 30.5 Å². The molecule has 0 radical (unpaired) electrons. The van der Waals surface area contributed by atoms with Crippen molar-refractivity contribution in [3.05, 3.63) is 30.5 Å². The number of methoxy groups -OCH3 is 1. The molecule has 2 rings (SSSR count). The van der Waals surface area contributed by atoms with Crippen molar-refractivity contribution in [1.29, 1.82) is 0 Å². The Kier molecular flexibility index (Phi) is 1.73. The summed E-state index contributed by atoms with van der Waals surface area (Å²) >= 11 is 0. The van der Waals surface area contributed by atoms with Gasteiger partial charge in [0.05, 0.1) is 18.8 Å². The number of ether oxygens (including phenoxy) is 1. The minimum atomic E-state index is -0.471. The molecule has 4 heteroatoms. The fraction of sp³-hybridized carbons (Fsp3) is 0.111. The Hall–Kier alpha value is -1.84. The predicted octanol–water partition coefficient (Wildman–Crippen LogP) is 1.65. The first-order valence-corrected chi connectivity index (χ1v) is 3.84. The summed E-state index contributed by atoms with van der Waals surface area (Å²) in [6.07, 6.45) is 1.16. The molecule has 0 atom stereocenters. The molecule has 0 saturated carbocycles. The number of nitrogens with zero attached hydrogens (tertiary/aromatic N) is 2. The van der Waals surface area contributed by atoms with Gasteiger partial charge in [-0.05, 0) is 6.07 Å². The fourth-order valence-electron chi connectivity index (χ4n) is 1.20. The number of carbonyl (C=O) groups excluding carboxylic acids is 1. The quantitative estimate of drug-likeness (QED) is 0.613. The Labute approximate surface area is 74.7 Å². The third-order valence-electron chi connectivity index (χ3n) is 1.82. The number of hydrogen-bond donors (Lipinski definition) is 0. The maximum absolute atomic E-state index is 11.2. The van der Waals surface area contributed by atoms with Crippen LogP contribution in [0.1, 0.15) is 0 Å². The first-order valence-electron chi connectivity index (χ1n) is 3.84. The van der Waals surface area contributed by atoms with E-state index in [0.29, 0.717) is 0 Å². The molecule has 1 aromatic carbocycles. The number of benzene rings is 1. The van der Waals surface area contributed by atoms with Gasteiger partial charge in [0.15, 0.2) is 0 Å². The van der Waals surface area contributed by atoms with E-state index in [9.17, 15) is 4.79 Å². The number of hydrogen-bond acceptors (Lipinski definition) is 3. The lowest BCUT2D eigenvalue weighted by Gasteiger charge is -1.98. The Morgan fingerprint density at radius 2 is 2.23 bits per heavy atom. The second-order valence-corrected chi connectivity index (χ2v) is 2.59. The standard InChI is InChI=1S/C9H8N2O2/c1-13-9(12)11-8-5-3-2-4-7(8)6-10-11/h2-6H,1H3. The van der Waals surface area contributed by atoms with Crippen LogP contribution in [0.2, 0.25) is 0 Å². The molecule has 0 aliphatic heterocycles. The average molecular weight is 176 g/mol. The van der Waals surface area contributed by atoms with Crippen molar-refractivity contribution >= 4 is 17.0 Å². The summed E-state index contributed by atoms with van der Waals surface area (Å²) in [4.78, 5) is 11.2. The molecule has 4 nitrogen and oxygen atoms in total. The number of carbonyl (C=O) groups is 1. The summed E-state index contributed by atoms with van der Waals surface area (Å²) < 4.78 is 5.80. The summed E-state index contributed by atoms with van der Waals surface area (Å²) in [6, 6.07) is 7.45. The lowest BCUT2D eigenvalue weighted by Crippen LogP contribution is -2.12. The molecule has 0 aliphatic rings. The largest absolute Gasteiger partial charge is 0.451 e. The molecule has 0 spiro atoms. The van der Waals surface area contributed by atoms with Crippen molar-refractivity contribution in [1.82, 2.24) is 9.78 Å². The van der Waals surface area contributed by atoms with E-state index >= 15 is 0 Å². The zero-order valence-electron chi connectivity index (χ0n) is 7.10. The van der Waals surface area contributed by atoms with E-state index in [1.165, 1.54) is 11.8 Å². The van der Waals surface area contributed by atoms with Crippen LogP contribution in [0.25, 0.3) is 10.9 Å². The summed E-state index contributed by atoms with van der Waals surface area (Å²) in [6.45, 7) is 0. The Bertz CT molecular complexity index is 448. The van der Waals surface area contributed by atoms with Crippen molar-refractivity contribution < 1.29 is 9.53 Å². The summed E-state index contributed by atoms with van der Waals surface area (Å²) in [5, 5.41) is 4.83. The fourth-order valence-corrected chi connectivity index (χ4v) is 1.20. The van der Waals surface area contributed by atoms with Crippen LogP contribution >= 0.6 is 0 Å². The zero-order valence-corrected chi connectivity index (χ0v) is 7.10. The van der Waals surface area contributed by atoms with Gasteiger partial charge in [-0.1, -0.05) is 18.2 Å². The van der Waals surface area contributed by atoms with E-state index in [1.807, 2.05) is 24.3 Å². The van der Waals surface area contributed by atoms with Crippen molar-refractivity contribution in [2.45, 2.75) is 0 Å². The van der Waals surface area contributed by atoms with Gasteiger partial charge in [-0.15, -0.1) is 0 Å². The number of fused-ring (bicyclic) bond motifs is 1.